The predicted octanol–water partition coefficient (Wildman–Crippen LogP) is 4.59. The zero-order chi connectivity index (χ0) is 19.3. The van der Waals surface area contributed by atoms with Gasteiger partial charge in [-0.05, 0) is 36.4 Å². The molecule has 8 heteroatoms. The minimum absolute atomic E-state index is 0.125. The van der Waals surface area contributed by atoms with Gasteiger partial charge in [-0.15, -0.1) is 33.3 Å². The van der Waals surface area contributed by atoms with Crippen molar-refractivity contribution in [1.29, 1.82) is 0 Å². The maximum atomic E-state index is 13.0. The molecule has 0 saturated heterocycles. The normalized spacial score (nSPS) is 16.6. The fourth-order valence-corrected chi connectivity index (χ4v) is 5.77. The van der Waals surface area contributed by atoms with Gasteiger partial charge in [0.15, 0.2) is 5.16 Å². The number of fused-ring (bicyclic) bond motifs is 1. The monoisotopic (exact) mass is 430 g/mol. The van der Waals surface area contributed by atoms with E-state index in [0.29, 0.717) is 11.0 Å². The first-order valence-corrected chi connectivity index (χ1v) is 12.0. The summed E-state index contributed by atoms with van der Waals surface area (Å²) < 4.78 is 2.03. The molecule has 2 aromatic heterocycles. The Morgan fingerprint density at radius 1 is 1.29 bits per heavy atom. The van der Waals surface area contributed by atoms with Crippen LogP contribution in [0.3, 0.4) is 0 Å². The van der Waals surface area contributed by atoms with E-state index in [4.69, 9.17) is 0 Å². The molecule has 0 fully saturated rings. The second-order valence-corrected chi connectivity index (χ2v) is 10.1. The Kier molecular flexibility index (Phi) is 6.39. The number of carbonyl (C=O) groups excluding carboxylic acids is 1. The number of hydrogen-bond acceptors (Lipinski definition) is 6. The third-order valence-electron chi connectivity index (χ3n) is 4.63. The van der Waals surface area contributed by atoms with Crippen LogP contribution in [0.1, 0.15) is 18.2 Å². The van der Waals surface area contributed by atoms with E-state index in [2.05, 4.69) is 40.7 Å². The first-order chi connectivity index (χ1) is 13.7. The summed E-state index contributed by atoms with van der Waals surface area (Å²) in [6.45, 7) is 3.81. The average molecular weight is 431 g/mol. The van der Waals surface area contributed by atoms with Crippen LogP contribution >= 0.6 is 34.9 Å². The van der Waals surface area contributed by atoms with Gasteiger partial charge in [0.05, 0.1) is 11.4 Å². The lowest BCUT2D eigenvalue weighted by Gasteiger charge is -2.22. The maximum Gasteiger partial charge on any atom is 0.237 e. The smallest absolute Gasteiger partial charge is 0.237 e. The Bertz CT molecular complexity index is 925. The number of thiophene rings is 1. The molecule has 0 aliphatic carbocycles. The molecule has 146 valence electrons. The van der Waals surface area contributed by atoms with Gasteiger partial charge in [0, 0.05) is 28.1 Å². The molecule has 0 N–H and O–H groups in total. The molecule has 28 heavy (non-hydrogen) atoms. The number of benzene rings is 1. The lowest BCUT2D eigenvalue weighted by Crippen LogP contribution is -2.33. The van der Waals surface area contributed by atoms with Gasteiger partial charge in [-0.3, -0.25) is 4.79 Å². The van der Waals surface area contributed by atoms with Crippen molar-refractivity contribution in [2.24, 2.45) is 0 Å². The molecule has 3 aromatic rings. The van der Waals surface area contributed by atoms with Crippen LogP contribution in [0.5, 0.6) is 0 Å². The number of thioether (sulfide) groups is 2. The van der Waals surface area contributed by atoms with E-state index in [9.17, 15) is 4.79 Å². The number of nitrogens with zero attached hydrogens (tertiary/aromatic N) is 4. The quantitative estimate of drug-likeness (QED) is 0.535. The molecule has 0 bridgehead atoms. The summed E-state index contributed by atoms with van der Waals surface area (Å²) in [5, 5.41) is 11.7. The highest BCUT2D eigenvalue weighted by Gasteiger charge is 2.24. The first-order valence-electron chi connectivity index (χ1n) is 9.30. The molecule has 0 saturated carbocycles. The van der Waals surface area contributed by atoms with Gasteiger partial charge in [-0.25, -0.2) is 0 Å². The van der Waals surface area contributed by atoms with Crippen LogP contribution in [-0.4, -0.2) is 38.2 Å². The second kappa shape index (κ2) is 9.15. The fraction of sp³-hybridized carbons (Fsp3) is 0.350. The molecule has 3 heterocycles. The summed E-state index contributed by atoms with van der Waals surface area (Å²) in [6.07, 6.45) is 3.69. The number of aromatic nitrogens is 3. The Hall–Kier alpha value is -1.77. The first kappa shape index (κ1) is 19.5. The fourth-order valence-electron chi connectivity index (χ4n) is 3.15. The third-order valence-corrected chi connectivity index (χ3v) is 7.77. The molecule has 4 rings (SSSR count). The Morgan fingerprint density at radius 3 is 3.04 bits per heavy atom. The summed E-state index contributed by atoms with van der Waals surface area (Å²) in [6, 6.07) is 12.4. The summed E-state index contributed by atoms with van der Waals surface area (Å²) in [4.78, 5) is 17.5. The van der Waals surface area contributed by atoms with Gasteiger partial charge in [0.1, 0.15) is 6.33 Å². The number of rotatable bonds is 6. The molecule has 0 radical (unpaired) electrons. The second-order valence-electron chi connectivity index (χ2n) is 6.66. The maximum absolute atomic E-state index is 13.0. The van der Waals surface area contributed by atoms with Crippen molar-refractivity contribution >= 4 is 46.5 Å². The van der Waals surface area contributed by atoms with E-state index in [1.165, 1.54) is 21.5 Å². The Balaban J connectivity index is 1.40. The highest BCUT2D eigenvalue weighted by atomic mass is 32.2. The van der Waals surface area contributed by atoms with Crippen molar-refractivity contribution in [3.05, 3.63) is 53.0 Å². The predicted molar refractivity (Wildman–Crippen MR) is 118 cm³/mol. The highest BCUT2D eigenvalue weighted by Crippen LogP contribution is 2.37. The van der Waals surface area contributed by atoms with Crippen LogP contribution in [0, 0.1) is 0 Å². The number of para-hydroxylation sites is 1. The van der Waals surface area contributed by atoms with Crippen LogP contribution in [-0.2, 0) is 17.8 Å². The van der Waals surface area contributed by atoms with Crippen molar-refractivity contribution in [3.63, 3.8) is 0 Å². The van der Waals surface area contributed by atoms with Crippen LogP contribution in [0.25, 0.3) is 0 Å². The third kappa shape index (κ3) is 4.61. The van der Waals surface area contributed by atoms with Crippen LogP contribution in [0.4, 0.5) is 5.69 Å². The van der Waals surface area contributed by atoms with Gasteiger partial charge >= 0.3 is 0 Å². The number of carbonyl (C=O) groups is 1. The highest BCUT2D eigenvalue weighted by molar-refractivity contribution is 8.00. The SMILES string of the molecule is CC1CCN(C(=O)CSc2nncn2CCc2cccs2)c2ccccc2S1. The number of hydrogen-bond donors (Lipinski definition) is 0. The number of amides is 1. The van der Waals surface area contributed by atoms with Crippen LogP contribution in [0.15, 0.2) is 58.2 Å². The van der Waals surface area contributed by atoms with E-state index < -0.39 is 0 Å². The topological polar surface area (TPSA) is 51.0 Å². The standard InChI is InChI=1S/C20H22N4OS3/c1-15-8-11-24(17-6-2-3-7-18(17)28-15)19(25)13-27-20-22-21-14-23(20)10-9-16-5-4-12-26-16/h2-7,12,14-15H,8-11,13H2,1H3. The van der Waals surface area contributed by atoms with E-state index in [-0.39, 0.29) is 5.91 Å². The molecule has 1 aromatic carbocycles. The summed E-state index contributed by atoms with van der Waals surface area (Å²) in [5.74, 6) is 0.491. The molecule has 0 spiro atoms. The van der Waals surface area contributed by atoms with Crippen LogP contribution in [0.2, 0.25) is 0 Å². The lowest BCUT2D eigenvalue weighted by molar-refractivity contribution is -0.116. The minimum atomic E-state index is 0.125. The zero-order valence-electron chi connectivity index (χ0n) is 15.7. The largest absolute Gasteiger partial charge is 0.311 e. The van der Waals surface area contributed by atoms with Gasteiger partial charge in [-0.1, -0.05) is 36.9 Å². The number of anilines is 1. The van der Waals surface area contributed by atoms with Crippen molar-refractivity contribution in [2.75, 3.05) is 17.2 Å². The molecule has 1 aliphatic rings. The van der Waals surface area contributed by atoms with Crippen molar-refractivity contribution in [3.8, 4) is 0 Å². The summed E-state index contributed by atoms with van der Waals surface area (Å²) >= 11 is 5.08. The van der Waals surface area contributed by atoms with E-state index in [1.807, 2.05) is 39.4 Å². The van der Waals surface area contributed by atoms with Gasteiger partial charge in [0.25, 0.3) is 0 Å². The lowest BCUT2D eigenvalue weighted by atomic mass is 10.2. The van der Waals surface area contributed by atoms with Gasteiger partial charge < -0.3 is 9.47 Å². The van der Waals surface area contributed by atoms with Gasteiger partial charge in [0.2, 0.25) is 5.91 Å². The van der Waals surface area contributed by atoms with E-state index in [1.54, 1.807) is 17.7 Å². The summed E-state index contributed by atoms with van der Waals surface area (Å²) in [7, 11) is 0. The molecule has 1 unspecified atom stereocenters. The minimum Gasteiger partial charge on any atom is -0.311 e. The van der Waals surface area contributed by atoms with Crippen LogP contribution < -0.4 is 4.90 Å². The Morgan fingerprint density at radius 2 is 2.18 bits per heavy atom. The van der Waals surface area contributed by atoms with E-state index in [0.717, 1.165) is 36.8 Å². The molecular formula is C20H22N4OS3. The molecular weight excluding hydrogens is 408 g/mol. The van der Waals surface area contributed by atoms with Crippen molar-refractivity contribution < 1.29 is 4.79 Å². The molecule has 1 amide bonds. The summed E-state index contributed by atoms with van der Waals surface area (Å²) in [5.41, 5.74) is 1.03. The zero-order valence-corrected chi connectivity index (χ0v) is 18.1. The molecule has 5 nitrogen and oxygen atoms in total. The molecule has 1 atom stereocenters. The van der Waals surface area contributed by atoms with Crippen molar-refractivity contribution in [2.45, 2.75) is 41.6 Å². The van der Waals surface area contributed by atoms with E-state index >= 15 is 0 Å². The van der Waals surface area contributed by atoms with Gasteiger partial charge in [-0.2, -0.15) is 0 Å². The number of aryl methyl sites for hydroxylation is 2. The Labute approximate surface area is 177 Å². The average Bonchev–Trinajstić information content (AvgIpc) is 3.34. The molecule has 1 aliphatic heterocycles. The van der Waals surface area contributed by atoms with Crippen molar-refractivity contribution in [1.82, 2.24) is 14.8 Å².